The minimum Gasteiger partial charge on any atom is -0.371 e. The summed E-state index contributed by atoms with van der Waals surface area (Å²) < 4.78 is 27.0. The molecule has 6 heterocycles. The van der Waals surface area contributed by atoms with Gasteiger partial charge in [-0.1, -0.05) is 35.3 Å². The van der Waals surface area contributed by atoms with Crippen molar-refractivity contribution in [3.63, 3.8) is 0 Å². The molecule has 15 heteroatoms. The summed E-state index contributed by atoms with van der Waals surface area (Å²) in [5.41, 5.74) is 6.29. The summed E-state index contributed by atoms with van der Waals surface area (Å²) in [4.78, 5) is 20.1. The lowest BCUT2D eigenvalue weighted by Gasteiger charge is -2.47. The molecule has 0 atom stereocenters. The average molecular weight is 751 g/mol. The van der Waals surface area contributed by atoms with Crippen LogP contribution in [0.3, 0.4) is 0 Å². The highest BCUT2D eigenvalue weighted by molar-refractivity contribution is 7.88. The summed E-state index contributed by atoms with van der Waals surface area (Å²) in [6.07, 6.45) is 10.9. The minimum absolute atomic E-state index is 0.0235. The number of rotatable bonds is 4. The molecule has 0 bridgehead atoms. The van der Waals surface area contributed by atoms with E-state index in [0.29, 0.717) is 23.1 Å². The number of anilines is 2. The van der Waals surface area contributed by atoms with E-state index in [1.165, 1.54) is 6.26 Å². The second-order valence-corrected chi connectivity index (χ2v) is 17.1. The lowest BCUT2D eigenvalue weighted by atomic mass is 9.71. The number of aromatic amines is 3. The van der Waals surface area contributed by atoms with Crippen LogP contribution in [0.5, 0.6) is 0 Å². The number of fused-ring (bicyclic) bond motifs is 3. The maximum absolute atomic E-state index is 12.4. The number of hydrogen-bond acceptors (Lipinski definition) is 7. The van der Waals surface area contributed by atoms with Crippen LogP contribution < -0.4 is 15.5 Å². The maximum Gasteiger partial charge on any atom is 0.326 e. The van der Waals surface area contributed by atoms with E-state index in [2.05, 4.69) is 35.2 Å². The number of benzene rings is 3. The molecule has 3 fully saturated rings. The van der Waals surface area contributed by atoms with Gasteiger partial charge in [0.25, 0.3) is 0 Å². The standard InChI is InChI=1S/C19H18ClN5O.C17H23ClN4O2S/c20-12-9-16-14(11-21-23-16)18(10-12)24-7-5-13(6-8-24)25-17-4-2-1-3-15(17)22-19(25)26;1-25(23,24)22-8-4-17(5-9-22)2-6-21(7-3-17)16-11-13(18)10-15-14(16)12-19-20-15/h1-4,9-11,13H,5-8H2,(H,21,23)(H,22,26);10-12H,2-9H2,1H3,(H,19,20). The molecule has 3 aliphatic rings. The first-order valence-corrected chi connectivity index (χ1v) is 20.1. The highest BCUT2D eigenvalue weighted by Crippen LogP contribution is 2.44. The Morgan fingerprint density at radius 1 is 0.745 bits per heavy atom. The zero-order valence-corrected chi connectivity index (χ0v) is 30.7. The van der Waals surface area contributed by atoms with E-state index in [1.807, 2.05) is 65.5 Å². The zero-order chi connectivity index (χ0) is 35.3. The van der Waals surface area contributed by atoms with Crippen molar-refractivity contribution in [2.45, 2.75) is 44.6 Å². The molecule has 0 saturated carbocycles. The van der Waals surface area contributed by atoms with Gasteiger partial charge >= 0.3 is 5.69 Å². The molecular formula is C36H41Cl2N9O3S. The van der Waals surface area contributed by atoms with Gasteiger partial charge in [-0.2, -0.15) is 10.2 Å². The van der Waals surface area contributed by atoms with Crippen molar-refractivity contribution >= 4 is 77.4 Å². The third kappa shape index (κ3) is 6.72. The summed E-state index contributed by atoms with van der Waals surface area (Å²) in [5.74, 6) is 0. The van der Waals surface area contributed by atoms with Gasteiger partial charge in [-0.25, -0.2) is 17.5 Å². The number of nitrogens with zero attached hydrogens (tertiary/aromatic N) is 6. The fourth-order valence-electron chi connectivity index (χ4n) is 8.34. The van der Waals surface area contributed by atoms with Gasteiger partial charge in [-0.3, -0.25) is 14.8 Å². The molecule has 9 rings (SSSR count). The molecule has 6 aromatic rings. The van der Waals surface area contributed by atoms with Gasteiger partial charge in [0.2, 0.25) is 10.0 Å². The number of aromatic nitrogens is 6. The molecule has 0 aliphatic carbocycles. The SMILES string of the molecule is CS(=O)(=O)N1CCC2(CCN(c3cc(Cl)cc4[nH]ncc34)CC2)CC1.O=c1[nH]c2ccccc2n1C1CCN(c2cc(Cl)cc3[nH]ncc23)CC1. The molecule has 0 amide bonds. The van der Waals surface area contributed by atoms with Crippen LogP contribution >= 0.6 is 23.2 Å². The quantitative estimate of drug-likeness (QED) is 0.186. The Morgan fingerprint density at radius 3 is 1.84 bits per heavy atom. The van der Waals surface area contributed by atoms with E-state index in [-0.39, 0.29) is 17.1 Å². The Labute approximate surface area is 305 Å². The zero-order valence-electron chi connectivity index (χ0n) is 28.4. The smallest absolute Gasteiger partial charge is 0.326 e. The van der Waals surface area contributed by atoms with Gasteiger partial charge in [0, 0.05) is 77.5 Å². The summed E-state index contributed by atoms with van der Waals surface area (Å²) >= 11 is 12.5. The van der Waals surface area contributed by atoms with Crippen molar-refractivity contribution in [1.29, 1.82) is 0 Å². The van der Waals surface area contributed by atoms with E-state index >= 15 is 0 Å². The van der Waals surface area contributed by atoms with E-state index in [9.17, 15) is 13.2 Å². The average Bonchev–Trinajstić information content (AvgIpc) is 3.86. The first-order chi connectivity index (χ1) is 24.6. The number of nitrogens with one attached hydrogen (secondary N) is 3. The first kappa shape index (κ1) is 34.1. The summed E-state index contributed by atoms with van der Waals surface area (Å²) in [6, 6.07) is 15.9. The van der Waals surface area contributed by atoms with Crippen molar-refractivity contribution in [3.8, 4) is 0 Å². The monoisotopic (exact) mass is 749 g/mol. The third-order valence-electron chi connectivity index (χ3n) is 11.2. The minimum atomic E-state index is -3.06. The molecule has 1 spiro atoms. The van der Waals surface area contributed by atoms with Gasteiger partial charge in [0.05, 0.1) is 40.7 Å². The molecule has 3 aromatic heterocycles. The van der Waals surface area contributed by atoms with Crippen molar-refractivity contribution in [1.82, 2.24) is 34.3 Å². The molecule has 3 aliphatic heterocycles. The van der Waals surface area contributed by atoms with Crippen LogP contribution in [0, 0.1) is 5.41 Å². The molecule has 3 aromatic carbocycles. The fourth-order valence-corrected chi connectivity index (χ4v) is 9.61. The van der Waals surface area contributed by atoms with Crippen molar-refractivity contribution in [2.24, 2.45) is 5.41 Å². The lowest BCUT2D eigenvalue weighted by molar-refractivity contribution is 0.119. The Kier molecular flexibility index (Phi) is 9.02. The molecule has 12 nitrogen and oxygen atoms in total. The van der Waals surface area contributed by atoms with Crippen molar-refractivity contribution in [3.05, 3.63) is 81.5 Å². The van der Waals surface area contributed by atoms with Crippen LogP contribution in [-0.4, -0.2) is 88.2 Å². The van der Waals surface area contributed by atoms with Gasteiger partial charge < -0.3 is 14.8 Å². The van der Waals surface area contributed by atoms with Gasteiger partial charge in [0.1, 0.15) is 0 Å². The molecule has 3 saturated heterocycles. The number of piperidine rings is 3. The highest BCUT2D eigenvalue weighted by Gasteiger charge is 2.39. The van der Waals surface area contributed by atoms with Crippen molar-refractivity contribution in [2.75, 3.05) is 55.3 Å². The molecule has 0 unspecified atom stereocenters. The van der Waals surface area contributed by atoms with Gasteiger partial charge in [-0.15, -0.1) is 0 Å². The summed E-state index contributed by atoms with van der Waals surface area (Å²) in [5, 5.41) is 17.9. The Balaban J connectivity index is 0.000000147. The van der Waals surface area contributed by atoms with Crippen LogP contribution in [0.15, 0.2) is 65.7 Å². The summed E-state index contributed by atoms with van der Waals surface area (Å²) in [6.45, 7) is 5.00. The van der Waals surface area contributed by atoms with Crippen molar-refractivity contribution < 1.29 is 8.42 Å². The molecular weight excluding hydrogens is 709 g/mol. The second kappa shape index (κ2) is 13.5. The van der Waals surface area contributed by atoms with E-state index < -0.39 is 10.0 Å². The number of para-hydroxylation sites is 2. The van der Waals surface area contributed by atoms with Crippen LogP contribution in [0.2, 0.25) is 10.0 Å². The maximum atomic E-state index is 12.4. The Morgan fingerprint density at radius 2 is 1.27 bits per heavy atom. The summed E-state index contributed by atoms with van der Waals surface area (Å²) in [7, 11) is -3.06. The van der Waals surface area contributed by atoms with E-state index in [4.69, 9.17) is 23.2 Å². The third-order valence-corrected chi connectivity index (χ3v) is 13.0. The normalized spacial score (nSPS) is 18.9. The Hall–Kier alpha value is -4.04. The topological polar surface area (TPSA) is 139 Å². The predicted octanol–water partition coefficient (Wildman–Crippen LogP) is 6.56. The van der Waals surface area contributed by atoms with Gasteiger partial charge in [-0.05, 0) is 80.3 Å². The first-order valence-electron chi connectivity index (χ1n) is 17.5. The van der Waals surface area contributed by atoms with Crippen LogP contribution in [0.4, 0.5) is 11.4 Å². The fraction of sp³-hybridized carbons (Fsp3) is 0.417. The lowest BCUT2D eigenvalue weighted by Crippen LogP contribution is -2.48. The molecule has 0 radical (unpaired) electrons. The van der Waals surface area contributed by atoms with Gasteiger partial charge in [0.15, 0.2) is 0 Å². The van der Waals surface area contributed by atoms with Crippen LogP contribution in [-0.2, 0) is 10.0 Å². The second-order valence-electron chi connectivity index (χ2n) is 14.2. The number of halogens is 2. The molecule has 3 N–H and O–H groups in total. The number of imidazole rings is 1. The highest BCUT2D eigenvalue weighted by atomic mass is 35.5. The van der Waals surface area contributed by atoms with Crippen LogP contribution in [0.1, 0.15) is 44.6 Å². The van der Waals surface area contributed by atoms with Crippen LogP contribution in [0.25, 0.3) is 32.8 Å². The number of H-pyrrole nitrogens is 3. The number of hydrogen-bond donors (Lipinski definition) is 3. The number of sulfonamides is 1. The largest absolute Gasteiger partial charge is 0.371 e. The molecule has 51 heavy (non-hydrogen) atoms. The van der Waals surface area contributed by atoms with E-state index in [0.717, 1.165) is 109 Å². The predicted molar refractivity (Wildman–Crippen MR) is 205 cm³/mol. The molecule has 268 valence electrons. The Bertz CT molecular complexity index is 2360. The van der Waals surface area contributed by atoms with E-state index in [1.54, 1.807) is 4.31 Å².